The fourth-order valence-corrected chi connectivity index (χ4v) is 5.07. The number of carbonyl (C=O) groups is 1. The summed E-state index contributed by atoms with van der Waals surface area (Å²) in [4.78, 5) is 44.0. The summed E-state index contributed by atoms with van der Waals surface area (Å²) in [6.07, 6.45) is 5.19. The number of aliphatic hydroxyl groups excluding tert-OH is 1. The number of amides is 1. The Labute approximate surface area is 209 Å². The number of aromatic hydroxyl groups is 1. The van der Waals surface area contributed by atoms with Gasteiger partial charge in [-0.05, 0) is 31.1 Å². The Morgan fingerprint density at radius 1 is 1.31 bits per heavy atom. The van der Waals surface area contributed by atoms with E-state index >= 15 is 0 Å². The SMILES string of the molecule is O=C(Nc1nc(CO)cs1)c1ccc(-c2cc(=NC3CC3)n3ncc(=Cc4[nH]c(=O)[nH]c4O)c3n2)s1. The molecule has 0 aromatic carbocycles. The molecule has 0 unspecified atom stereocenters. The molecule has 5 N–H and O–H groups in total. The van der Waals surface area contributed by atoms with Gasteiger partial charge >= 0.3 is 5.69 Å². The van der Waals surface area contributed by atoms with Crippen LogP contribution in [0.5, 0.6) is 5.88 Å². The number of rotatable bonds is 6. The van der Waals surface area contributed by atoms with Crippen LogP contribution in [0.3, 0.4) is 0 Å². The molecule has 1 fully saturated rings. The predicted molar refractivity (Wildman–Crippen MR) is 133 cm³/mol. The molecule has 1 aliphatic rings. The summed E-state index contributed by atoms with van der Waals surface area (Å²) < 4.78 is 1.62. The molecule has 1 aliphatic carbocycles. The van der Waals surface area contributed by atoms with E-state index in [9.17, 15) is 14.7 Å². The first-order valence-electron chi connectivity index (χ1n) is 10.9. The van der Waals surface area contributed by atoms with Crippen LogP contribution in [-0.4, -0.2) is 51.7 Å². The Kier molecular flexibility index (Phi) is 5.47. The van der Waals surface area contributed by atoms with E-state index in [1.807, 2.05) is 12.1 Å². The third kappa shape index (κ3) is 4.32. The molecule has 0 radical (unpaired) electrons. The number of imidazole rings is 1. The maximum absolute atomic E-state index is 12.7. The van der Waals surface area contributed by atoms with Gasteiger partial charge in [0.2, 0.25) is 5.88 Å². The fourth-order valence-electron chi connectivity index (χ4n) is 3.52. The molecule has 0 atom stereocenters. The van der Waals surface area contributed by atoms with Crippen molar-refractivity contribution in [2.45, 2.75) is 25.5 Å². The van der Waals surface area contributed by atoms with Crippen LogP contribution in [0.15, 0.2) is 39.6 Å². The number of H-pyrrole nitrogens is 2. The van der Waals surface area contributed by atoms with Crippen LogP contribution in [-0.2, 0) is 6.61 Å². The number of thiophene rings is 1. The molecular formula is C22H18N8O4S2. The van der Waals surface area contributed by atoms with Crippen molar-refractivity contribution >= 4 is 45.4 Å². The van der Waals surface area contributed by atoms with Crippen LogP contribution in [0, 0.1) is 0 Å². The zero-order valence-corrected chi connectivity index (χ0v) is 20.1. The number of aromatic nitrogens is 6. The average Bonchev–Trinajstić information content (AvgIpc) is 3.24. The molecule has 36 heavy (non-hydrogen) atoms. The Balaban J connectivity index is 1.41. The molecule has 5 aromatic rings. The van der Waals surface area contributed by atoms with Gasteiger partial charge in [0.05, 0.1) is 40.0 Å². The largest absolute Gasteiger partial charge is 0.493 e. The van der Waals surface area contributed by atoms with Crippen molar-refractivity contribution in [2.75, 3.05) is 5.32 Å². The van der Waals surface area contributed by atoms with Crippen molar-refractivity contribution in [1.82, 2.24) is 29.5 Å². The molecule has 0 bridgehead atoms. The summed E-state index contributed by atoms with van der Waals surface area (Å²) in [6.45, 7) is -0.189. The highest BCUT2D eigenvalue weighted by molar-refractivity contribution is 7.17. The summed E-state index contributed by atoms with van der Waals surface area (Å²) >= 11 is 2.52. The lowest BCUT2D eigenvalue weighted by Gasteiger charge is -2.01. The average molecular weight is 523 g/mol. The molecule has 1 amide bonds. The lowest BCUT2D eigenvalue weighted by atomic mass is 10.3. The van der Waals surface area contributed by atoms with Crippen molar-refractivity contribution in [3.05, 3.63) is 67.2 Å². The van der Waals surface area contributed by atoms with Gasteiger partial charge in [0, 0.05) is 16.7 Å². The highest BCUT2D eigenvalue weighted by Crippen LogP contribution is 2.28. The van der Waals surface area contributed by atoms with Crippen LogP contribution >= 0.6 is 22.7 Å². The first-order valence-corrected chi connectivity index (χ1v) is 12.6. The van der Waals surface area contributed by atoms with Gasteiger partial charge < -0.3 is 15.2 Å². The number of thiazole rings is 1. The van der Waals surface area contributed by atoms with Gasteiger partial charge in [-0.25, -0.2) is 14.8 Å². The quantitative estimate of drug-likeness (QED) is 0.221. The van der Waals surface area contributed by atoms with Crippen LogP contribution in [0.4, 0.5) is 5.13 Å². The molecule has 12 nitrogen and oxygen atoms in total. The van der Waals surface area contributed by atoms with Gasteiger partial charge in [-0.1, -0.05) is 0 Å². The van der Waals surface area contributed by atoms with Crippen molar-refractivity contribution in [1.29, 1.82) is 0 Å². The van der Waals surface area contributed by atoms with Crippen LogP contribution in [0.1, 0.15) is 33.9 Å². The standard InChI is InChI=1S/C22H18N8O4S2/c31-8-12-9-35-22(25-12)29-20(33)16-4-3-15(36-16)13-6-17(24-11-1-2-11)30-18(26-13)10(7-23-30)5-14-19(32)28-21(34)27-14/h3-7,9,11,31-32H,1-2,8H2,(H,25,29,33)(H2,27,28,34). The van der Waals surface area contributed by atoms with Crippen LogP contribution in [0.25, 0.3) is 22.3 Å². The number of aromatic amines is 2. The van der Waals surface area contributed by atoms with E-state index in [0.29, 0.717) is 37.8 Å². The lowest BCUT2D eigenvalue weighted by molar-refractivity contribution is 0.103. The summed E-state index contributed by atoms with van der Waals surface area (Å²) in [5.74, 6) is -0.585. The van der Waals surface area contributed by atoms with Gasteiger partial charge in [-0.15, -0.1) is 22.7 Å². The third-order valence-electron chi connectivity index (χ3n) is 5.39. The van der Waals surface area contributed by atoms with Gasteiger partial charge in [0.25, 0.3) is 5.91 Å². The number of carbonyl (C=O) groups excluding carboxylic acids is 1. The molecule has 6 rings (SSSR count). The number of aliphatic hydroxyl groups is 1. The van der Waals surface area contributed by atoms with Crippen LogP contribution < -0.4 is 21.7 Å². The number of hydrogen-bond acceptors (Lipinski definition) is 10. The fraction of sp³-hybridized carbons (Fsp3) is 0.182. The summed E-state index contributed by atoms with van der Waals surface area (Å²) in [6, 6.07) is 5.60. The van der Waals surface area contributed by atoms with Gasteiger partial charge in [-0.3, -0.25) is 20.1 Å². The van der Waals surface area contributed by atoms with Crippen molar-refractivity contribution in [3.63, 3.8) is 0 Å². The van der Waals surface area contributed by atoms with Crippen LogP contribution in [0.2, 0.25) is 0 Å². The Bertz CT molecular complexity index is 1790. The molecular weight excluding hydrogens is 504 g/mol. The normalized spacial score (nSPS) is 14.7. The van der Waals surface area contributed by atoms with E-state index in [4.69, 9.17) is 15.1 Å². The maximum atomic E-state index is 12.7. The van der Waals surface area contributed by atoms with E-state index < -0.39 is 5.69 Å². The minimum Gasteiger partial charge on any atom is -0.493 e. The number of hydrogen-bond donors (Lipinski definition) is 5. The Hall–Kier alpha value is -4.14. The van der Waals surface area contributed by atoms with Gasteiger partial charge in [-0.2, -0.15) is 9.61 Å². The van der Waals surface area contributed by atoms with E-state index in [2.05, 4.69) is 25.4 Å². The molecule has 1 saturated carbocycles. The summed E-state index contributed by atoms with van der Waals surface area (Å²) in [5.41, 5.74) is 1.92. The zero-order chi connectivity index (χ0) is 24.8. The maximum Gasteiger partial charge on any atom is 0.326 e. The molecule has 0 saturated heterocycles. The number of anilines is 1. The smallest absolute Gasteiger partial charge is 0.326 e. The van der Waals surface area contributed by atoms with E-state index in [0.717, 1.165) is 17.7 Å². The predicted octanol–water partition coefficient (Wildman–Crippen LogP) is 0.992. The Morgan fingerprint density at radius 2 is 2.17 bits per heavy atom. The first kappa shape index (κ1) is 22.3. The molecule has 5 aromatic heterocycles. The first-order chi connectivity index (χ1) is 17.5. The number of fused-ring (bicyclic) bond motifs is 1. The van der Waals surface area contributed by atoms with E-state index in [-0.39, 0.29) is 30.1 Å². The zero-order valence-electron chi connectivity index (χ0n) is 18.4. The minimum atomic E-state index is -0.525. The molecule has 0 spiro atoms. The number of nitrogens with zero attached hydrogens (tertiary/aromatic N) is 5. The monoisotopic (exact) mass is 522 g/mol. The van der Waals surface area contributed by atoms with E-state index in [1.54, 1.807) is 28.2 Å². The van der Waals surface area contributed by atoms with Gasteiger partial charge in [0.15, 0.2) is 16.3 Å². The molecule has 0 aliphatic heterocycles. The summed E-state index contributed by atoms with van der Waals surface area (Å²) in [5, 5.41) is 29.0. The summed E-state index contributed by atoms with van der Waals surface area (Å²) in [7, 11) is 0. The van der Waals surface area contributed by atoms with Gasteiger partial charge in [0.1, 0.15) is 5.69 Å². The second kappa shape index (κ2) is 8.82. The highest BCUT2D eigenvalue weighted by Gasteiger charge is 2.21. The second-order valence-corrected chi connectivity index (χ2v) is 10.0. The topological polar surface area (TPSA) is 174 Å². The lowest BCUT2D eigenvalue weighted by Crippen LogP contribution is -2.19. The molecule has 14 heteroatoms. The van der Waals surface area contributed by atoms with E-state index in [1.165, 1.54) is 22.7 Å². The van der Waals surface area contributed by atoms with Crippen molar-refractivity contribution in [2.24, 2.45) is 4.99 Å². The third-order valence-corrected chi connectivity index (χ3v) is 7.31. The minimum absolute atomic E-state index is 0.189. The number of nitrogens with one attached hydrogen (secondary N) is 3. The second-order valence-electron chi connectivity index (χ2n) is 8.10. The van der Waals surface area contributed by atoms with Crippen molar-refractivity contribution in [3.8, 4) is 16.5 Å². The molecule has 5 heterocycles. The van der Waals surface area contributed by atoms with Crippen molar-refractivity contribution < 1.29 is 15.0 Å². The molecule has 182 valence electrons. The Morgan fingerprint density at radius 3 is 2.89 bits per heavy atom. The highest BCUT2D eigenvalue weighted by atomic mass is 32.1.